The molecule has 51 heavy (non-hydrogen) atoms. The van der Waals surface area contributed by atoms with Gasteiger partial charge in [0.1, 0.15) is 0 Å². The number of para-hydroxylation sites is 1. The first-order valence-corrected chi connectivity index (χ1v) is 17.8. The number of fused-ring (bicyclic) bond motifs is 6. The fraction of sp³-hybridized carbons (Fsp3) is 0. The average Bonchev–Trinajstić information content (AvgIpc) is 3.61. The van der Waals surface area contributed by atoms with Crippen molar-refractivity contribution < 1.29 is 0 Å². The van der Waals surface area contributed by atoms with Gasteiger partial charge in [-0.25, -0.2) is 19.9 Å². The Morgan fingerprint density at radius 3 is 1.67 bits per heavy atom. The van der Waals surface area contributed by atoms with Gasteiger partial charge < -0.3 is 0 Å². The van der Waals surface area contributed by atoms with Crippen molar-refractivity contribution in [3.8, 4) is 56.5 Å². The molecule has 0 aliphatic heterocycles. The Balaban J connectivity index is 1.24. The van der Waals surface area contributed by atoms with Gasteiger partial charge in [0, 0.05) is 47.8 Å². The van der Waals surface area contributed by atoms with Crippen LogP contribution in [0.5, 0.6) is 0 Å². The Hall–Kier alpha value is -6.56. The van der Waals surface area contributed by atoms with E-state index in [1.807, 2.05) is 47.7 Å². The molecular weight excluding hydrogens is 641 g/mol. The maximum Gasteiger partial charge on any atom is 0.166 e. The van der Waals surface area contributed by atoms with Gasteiger partial charge in [-0.05, 0) is 34.0 Å². The molecule has 0 amide bonds. The first-order chi connectivity index (χ1) is 25.3. The summed E-state index contributed by atoms with van der Waals surface area (Å²) in [6.45, 7) is 0. The van der Waals surface area contributed by atoms with E-state index in [0.29, 0.717) is 17.5 Å². The highest BCUT2D eigenvalue weighted by molar-refractivity contribution is 7.26. The largest absolute Gasteiger partial charge is 0.246 e. The molecule has 7 aromatic carbocycles. The van der Waals surface area contributed by atoms with E-state index in [-0.39, 0.29) is 0 Å². The maximum atomic E-state index is 5.58. The van der Waals surface area contributed by atoms with Crippen LogP contribution in [0.4, 0.5) is 0 Å². The van der Waals surface area contributed by atoms with Crippen LogP contribution in [0.1, 0.15) is 0 Å². The van der Waals surface area contributed by atoms with Crippen molar-refractivity contribution in [1.29, 1.82) is 0 Å². The van der Waals surface area contributed by atoms with Crippen molar-refractivity contribution in [1.82, 2.24) is 19.9 Å². The van der Waals surface area contributed by atoms with E-state index in [1.54, 1.807) is 0 Å². The predicted octanol–water partition coefficient (Wildman–Crippen LogP) is 12.3. The Labute approximate surface area is 298 Å². The molecule has 0 atom stereocenters. The molecule has 0 radical (unpaired) electrons. The highest BCUT2D eigenvalue weighted by atomic mass is 32.1. The Kier molecular flexibility index (Phi) is 6.96. The van der Waals surface area contributed by atoms with Crippen LogP contribution in [-0.2, 0) is 0 Å². The number of hydrogen-bond acceptors (Lipinski definition) is 5. The molecule has 0 saturated carbocycles. The van der Waals surface area contributed by atoms with Gasteiger partial charge in [-0.15, -0.1) is 11.3 Å². The van der Waals surface area contributed by atoms with Crippen LogP contribution >= 0.6 is 11.3 Å². The zero-order valence-corrected chi connectivity index (χ0v) is 28.2. The lowest BCUT2D eigenvalue weighted by atomic mass is 9.97. The standard InChI is InChI=1S/C46H28N4S/c1-3-13-29(14-4-1)30-25-27-33(28-26-30)45-48-44(32-16-5-2-6-17-32)49-46(50-45)38-23-12-22-37-41(38)47-42(35-21-11-18-31-15-7-8-19-34(31)35)40-36-20-9-10-24-39(36)51-43(37)40/h1-28H. The molecule has 0 aliphatic carbocycles. The van der Waals surface area contributed by atoms with Crippen molar-refractivity contribution in [2.75, 3.05) is 0 Å². The predicted molar refractivity (Wildman–Crippen MR) is 213 cm³/mol. The molecule has 4 nitrogen and oxygen atoms in total. The zero-order chi connectivity index (χ0) is 33.7. The number of aromatic nitrogens is 4. The van der Waals surface area contributed by atoms with Gasteiger partial charge in [0.25, 0.3) is 0 Å². The number of pyridine rings is 1. The molecule has 3 heterocycles. The van der Waals surface area contributed by atoms with Crippen molar-refractivity contribution in [3.63, 3.8) is 0 Å². The molecule has 0 spiro atoms. The SMILES string of the molecule is c1ccc(-c2ccc(-c3nc(-c4ccccc4)nc(-c4cccc5c4nc(-c4cccc6ccccc46)c4c6ccccc6sc54)n3)cc2)cc1. The van der Waals surface area contributed by atoms with Crippen LogP contribution in [0, 0.1) is 0 Å². The van der Waals surface area contributed by atoms with Gasteiger partial charge >= 0.3 is 0 Å². The molecule has 5 heteroatoms. The average molecular weight is 669 g/mol. The van der Waals surface area contributed by atoms with E-state index in [0.717, 1.165) is 44.4 Å². The topological polar surface area (TPSA) is 51.6 Å². The van der Waals surface area contributed by atoms with Gasteiger partial charge in [0.05, 0.1) is 11.2 Å². The number of rotatable bonds is 5. The van der Waals surface area contributed by atoms with E-state index in [4.69, 9.17) is 19.9 Å². The third-order valence-electron chi connectivity index (χ3n) is 9.54. The fourth-order valence-electron chi connectivity index (χ4n) is 7.08. The number of nitrogens with zero attached hydrogens (tertiary/aromatic N) is 4. The van der Waals surface area contributed by atoms with Crippen molar-refractivity contribution in [3.05, 3.63) is 170 Å². The molecule has 238 valence electrons. The van der Waals surface area contributed by atoms with Crippen LogP contribution in [0.15, 0.2) is 170 Å². The van der Waals surface area contributed by atoms with Crippen LogP contribution in [0.25, 0.3) is 98.4 Å². The smallest absolute Gasteiger partial charge is 0.166 e. The van der Waals surface area contributed by atoms with Gasteiger partial charge in [0.15, 0.2) is 17.5 Å². The number of hydrogen-bond donors (Lipinski definition) is 0. The molecule has 0 bridgehead atoms. The second-order valence-corrected chi connectivity index (χ2v) is 13.7. The lowest BCUT2D eigenvalue weighted by Crippen LogP contribution is -2.01. The van der Waals surface area contributed by atoms with Gasteiger partial charge in [-0.2, -0.15) is 0 Å². The molecule has 10 aromatic rings. The minimum Gasteiger partial charge on any atom is -0.246 e. The lowest BCUT2D eigenvalue weighted by molar-refractivity contribution is 1.07. The summed E-state index contributed by atoms with van der Waals surface area (Å²) in [7, 11) is 0. The summed E-state index contributed by atoms with van der Waals surface area (Å²) in [6.07, 6.45) is 0. The van der Waals surface area contributed by atoms with Crippen molar-refractivity contribution in [2.45, 2.75) is 0 Å². The molecule has 0 aliphatic rings. The highest BCUT2D eigenvalue weighted by Crippen LogP contribution is 2.45. The summed E-state index contributed by atoms with van der Waals surface area (Å²) >= 11 is 1.82. The Morgan fingerprint density at radius 1 is 0.353 bits per heavy atom. The first-order valence-electron chi connectivity index (χ1n) is 17.0. The lowest BCUT2D eigenvalue weighted by Gasteiger charge is -2.13. The van der Waals surface area contributed by atoms with E-state index in [1.165, 1.54) is 36.5 Å². The maximum absolute atomic E-state index is 5.58. The molecular formula is C46H28N4S. The normalized spacial score (nSPS) is 11.5. The van der Waals surface area contributed by atoms with Gasteiger partial charge in [-0.3, -0.25) is 0 Å². The van der Waals surface area contributed by atoms with E-state index in [9.17, 15) is 0 Å². The third-order valence-corrected chi connectivity index (χ3v) is 10.7. The summed E-state index contributed by atoms with van der Waals surface area (Å²) in [4.78, 5) is 20.9. The highest BCUT2D eigenvalue weighted by Gasteiger charge is 2.21. The molecule has 10 rings (SSSR count). The zero-order valence-electron chi connectivity index (χ0n) is 27.4. The third kappa shape index (κ3) is 5.06. The molecule has 0 unspecified atom stereocenters. The van der Waals surface area contributed by atoms with Crippen molar-refractivity contribution in [2.24, 2.45) is 0 Å². The Bertz CT molecular complexity index is 2890. The summed E-state index contributed by atoms with van der Waals surface area (Å²) < 4.78 is 2.45. The number of benzene rings is 7. The molecule has 3 aromatic heterocycles. The van der Waals surface area contributed by atoms with E-state index < -0.39 is 0 Å². The summed E-state index contributed by atoms with van der Waals surface area (Å²) in [5, 5.41) is 5.84. The summed E-state index contributed by atoms with van der Waals surface area (Å²) in [5.41, 5.74) is 7.98. The molecule has 0 fully saturated rings. The fourth-order valence-corrected chi connectivity index (χ4v) is 8.31. The second-order valence-electron chi connectivity index (χ2n) is 12.6. The second kappa shape index (κ2) is 12.1. The monoisotopic (exact) mass is 668 g/mol. The first kappa shape index (κ1) is 29.4. The minimum atomic E-state index is 0.591. The summed E-state index contributed by atoms with van der Waals surface area (Å²) in [6, 6.07) is 59.0. The minimum absolute atomic E-state index is 0.591. The van der Waals surface area contributed by atoms with Crippen LogP contribution in [-0.4, -0.2) is 19.9 Å². The number of thiophene rings is 1. The van der Waals surface area contributed by atoms with Crippen LogP contribution in [0.3, 0.4) is 0 Å². The van der Waals surface area contributed by atoms with Crippen LogP contribution in [0.2, 0.25) is 0 Å². The quantitative estimate of drug-likeness (QED) is 0.183. The molecule has 0 saturated heterocycles. The molecule has 0 N–H and O–H groups in total. The van der Waals surface area contributed by atoms with E-state index >= 15 is 0 Å². The summed E-state index contributed by atoms with van der Waals surface area (Å²) in [5.74, 6) is 1.83. The van der Waals surface area contributed by atoms with Gasteiger partial charge in [-0.1, -0.05) is 158 Å². The Morgan fingerprint density at radius 2 is 0.882 bits per heavy atom. The van der Waals surface area contributed by atoms with E-state index in [2.05, 4.69) is 133 Å². The van der Waals surface area contributed by atoms with Gasteiger partial charge in [0.2, 0.25) is 0 Å². The van der Waals surface area contributed by atoms with Crippen molar-refractivity contribution >= 4 is 53.2 Å². The van der Waals surface area contributed by atoms with Crippen LogP contribution < -0.4 is 0 Å².